The highest BCUT2D eigenvalue weighted by atomic mass is 32.2. The second-order valence-corrected chi connectivity index (χ2v) is 7.14. The van der Waals surface area contributed by atoms with Crippen LogP contribution in [0.2, 0.25) is 0 Å². The Balaban J connectivity index is 2.49. The van der Waals surface area contributed by atoms with Crippen LogP contribution < -0.4 is 0 Å². The summed E-state index contributed by atoms with van der Waals surface area (Å²) in [5, 5.41) is 0. The molecule has 0 aliphatic carbocycles. The number of hydrogen-bond donors (Lipinski definition) is 0. The first-order valence-electron chi connectivity index (χ1n) is 5.77. The van der Waals surface area contributed by atoms with Crippen LogP contribution in [0.5, 0.6) is 0 Å². The maximum atomic E-state index is 12.0. The molecule has 0 unspecified atom stereocenters. The summed E-state index contributed by atoms with van der Waals surface area (Å²) in [6.07, 6.45) is 1.93. The van der Waals surface area contributed by atoms with Gasteiger partial charge in [0.05, 0.1) is 12.4 Å². The summed E-state index contributed by atoms with van der Waals surface area (Å²) in [4.78, 5) is 13.8. The molecule has 0 saturated carbocycles. The molecule has 1 aliphatic rings. The lowest BCUT2D eigenvalue weighted by Crippen LogP contribution is -2.45. The fourth-order valence-electron chi connectivity index (χ4n) is 1.88. The molecule has 0 N–H and O–H groups in total. The zero-order valence-corrected chi connectivity index (χ0v) is 11.7. The average Bonchev–Trinajstić information content (AvgIpc) is 2.14. The van der Waals surface area contributed by atoms with Gasteiger partial charge in [0.15, 0.2) is 0 Å². The Morgan fingerprint density at radius 2 is 1.71 bits per heavy atom. The van der Waals surface area contributed by atoms with E-state index in [1.165, 1.54) is 0 Å². The number of rotatable bonds is 2. The van der Waals surface area contributed by atoms with E-state index >= 15 is 0 Å². The van der Waals surface area contributed by atoms with E-state index in [0.29, 0.717) is 25.9 Å². The Bertz CT molecular complexity index is 375. The molecule has 5 nitrogen and oxygen atoms in total. The third kappa shape index (κ3) is 4.63. The van der Waals surface area contributed by atoms with Gasteiger partial charge in [0.2, 0.25) is 5.91 Å². The van der Waals surface area contributed by atoms with Crippen molar-refractivity contribution in [3.05, 3.63) is 0 Å². The minimum absolute atomic E-state index is 0.107. The van der Waals surface area contributed by atoms with Gasteiger partial charge in [-0.2, -0.15) is 8.42 Å². The van der Waals surface area contributed by atoms with Crippen LogP contribution in [0.25, 0.3) is 0 Å². The molecule has 0 aromatic heterocycles. The van der Waals surface area contributed by atoms with Crippen molar-refractivity contribution in [1.29, 1.82) is 0 Å². The van der Waals surface area contributed by atoms with Gasteiger partial charge >= 0.3 is 0 Å². The van der Waals surface area contributed by atoms with Crippen molar-refractivity contribution in [3.8, 4) is 0 Å². The van der Waals surface area contributed by atoms with Crippen molar-refractivity contribution in [3.63, 3.8) is 0 Å². The normalized spacial score (nSPS) is 19.4. The number of likely N-dealkylation sites (tertiary alicyclic amines) is 1. The monoisotopic (exact) mass is 263 g/mol. The second-order valence-electron chi connectivity index (χ2n) is 5.54. The van der Waals surface area contributed by atoms with Gasteiger partial charge in [-0.3, -0.25) is 8.98 Å². The molecule has 1 aliphatic heterocycles. The van der Waals surface area contributed by atoms with Crippen molar-refractivity contribution in [1.82, 2.24) is 4.90 Å². The molecule has 0 aromatic rings. The van der Waals surface area contributed by atoms with Crippen molar-refractivity contribution in [2.24, 2.45) is 5.41 Å². The highest BCUT2D eigenvalue weighted by molar-refractivity contribution is 7.86. The van der Waals surface area contributed by atoms with Gasteiger partial charge < -0.3 is 4.90 Å². The summed E-state index contributed by atoms with van der Waals surface area (Å²) in [6, 6.07) is 0. The van der Waals surface area contributed by atoms with E-state index in [-0.39, 0.29) is 17.4 Å². The third-order valence-electron chi connectivity index (χ3n) is 2.68. The van der Waals surface area contributed by atoms with E-state index in [4.69, 9.17) is 4.18 Å². The fourth-order valence-corrected chi connectivity index (χ4v) is 2.56. The Morgan fingerprint density at radius 1 is 1.24 bits per heavy atom. The van der Waals surface area contributed by atoms with Crippen molar-refractivity contribution >= 4 is 16.0 Å². The number of amides is 1. The van der Waals surface area contributed by atoms with Crippen LogP contribution in [0, 0.1) is 5.41 Å². The first-order valence-corrected chi connectivity index (χ1v) is 7.59. The highest BCUT2D eigenvalue weighted by Gasteiger charge is 2.31. The molecular weight excluding hydrogens is 242 g/mol. The zero-order chi connectivity index (χ0) is 13.3. The minimum atomic E-state index is -3.39. The molecule has 0 atom stereocenters. The Labute approximate surface area is 103 Å². The summed E-state index contributed by atoms with van der Waals surface area (Å²) >= 11 is 0. The predicted octanol–water partition coefficient (Wildman–Crippen LogP) is 1.000. The first-order chi connectivity index (χ1) is 7.59. The molecular formula is C11H21NO4S. The van der Waals surface area contributed by atoms with Crippen LogP contribution in [0.15, 0.2) is 0 Å². The standard InChI is InChI=1S/C11H21NO4S/c1-11(2,3)10(13)12-7-5-9(6-8-12)16-17(4,14)15/h9H,5-8H2,1-4H3. The van der Waals surface area contributed by atoms with Gasteiger partial charge in [0, 0.05) is 18.5 Å². The Kier molecular flexibility index (Phi) is 4.19. The van der Waals surface area contributed by atoms with E-state index < -0.39 is 10.1 Å². The zero-order valence-electron chi connectivity index (χ0n) is 10.9. The second kappa shape index (κ2) is 4.94. The summed E-state index contributed by atoms with van der Waals surface area (Å²) < 4.78 is 26.9. The summed E-state index contributed by atoms with van der Waals surface area (Å²) in [5.41, 5.74) is -0.384. The number of hydrogen-bond acceptors (Lipinski definition) is 4. The summed E-state index contributed by atoms with van der Waals surface area (Å²) in [6.45, 7) is 6.78. The molecule has 1 heterocycles. The quantitative estimate of drug-likeness (QED) is 0.697. The summed E-state index contributed by atoms with van der Waals surface area (Å²) in [5.74, 6) is 0.107. The maximum Gasteiger partial charge on any atom is 0.264 e. The van der Waals surface area contributed by atoms with Gasteiger partial charge in [-0.25, -0.2) is 0 Å². The molecule has 0 aromatic carbocycles. The molecule has 1 amide bonds. The van der Waals surface area contributed by atoms with Crippen LogP contribution >= 0.6 is 0 Å². The third-order valence-corrected chi connectivity index (χ3v) is 3.30. The van der Waals surface area contributed by atoms with Crippen LogP contribution in [0.3, 0.4) is 0 Å². The van der Waals surface area contributed by atoms with E-state index in [2.05, 4.69) is 0 Å². The van der Waals surface area contributed by atoms with Crippen molar-refractivity contribution in [2.75, 3.05) is 19.3 Å². The van der Waals surface area contributed by atoms with Crippen LogP contribution in [0.1, 0.15) is 33.6 Å². The largest absolute Gasteiger partial charge is 0.342 e. The molecule has 6 heteroatoms. The molecule has 17 heavy (non-hydrogen) atoms. The van der Waals surface area contributed by atoms with Gasteiger partial charge in [-0.05, 0) is 12.8 Å². The number of carbonyl (C=O) groups excluding carboxylic acids is 1. The molecule has 1 saturated heterocycles. The van der Waals surface area contributed by atoms with Gasteiger partial charge in [-0.1, -0.05) is 20.8 Å². The smallest absolute Gasteiger partial charge is 0.264 e. The van der Waals surface area contributed by atoms with E-state index in [1.807, 2.05) is 20.8 Å². The van der Waals surface area contributed by atoms with Gasteiger partial charge in [0.1, 0.15) is 0 Å². The molecule has 0 radical (unpaired) electrons. The lowest BCUT2D eigenvalue weighted by atomic mass is 9.93. The van der Waals surface area contributed by atoms with E-state index in [1.54, 1.807) is 4.90 Å². The fraction of sp³-hybridized carbons (Fsp3) is 0.909. The van der Waals surface area contributed by atoms with Crippen LogP contribution in [0.4, 0.5) is 0 Å². The van der Waals surface area contributed by atoms with Crippen LogP contribution in [-0.2, 0) is 19.1 Å². The lowest BCUT2D eigenvalue weighted by Gasteiger charge is -2.35. The molecule has 1 rings (SSSR count). The number of nitrogens with zero attached hydrogens (tertiary/aromatic N) is 1. The molecule has 1 fully saturated rings. The summed E-state index contributed by atoms with van der Waals surface area (Å²) in [7, 11) is -3.39. The maximum absolute atomic E-state index is 12.0. The van der Waals surface area contributed by atoms with Gasteiger partial charge in [-0.15, -0.1) is 0 Å². The van der Waals surface area contributed by atoms with E-state index in [0.717, 1.165) is 6.26 Å². The highest BCUT2D eigenvalue weighted by Crippen LogP contribution is 2.22. The Hall–Kier alpha value is -0.620. The topological polar surface area (TPSA) is 63.7 Å². The van der Waals surface area contributed by atoms with E-state index in [9.17, 15) is 13.2 Å². The number of carbonyl (C=O) groups is 1. The SMILES string of the molecule is CC(C)(C)C(=O)N1CCC(OS(C)(=O)=O)CC1. The van der Waals surface area contributed by atoms with Crippen LogP contribution in [-0.4, -0.2) is 44.7 Å². The minimum Gasteiger partial charge on any atom is -0.342 e. The first kappa shape index (κ1) is 14.4. The number of piperidine rings is 1. The Morgan fingerprint density at radius 3 is 2.06 bits per heavy atom. The molecule has 0 spiro atoms. The van der Waals surface area contributed by atoms with Crippen molar-refractivity contribution < 1.29 is 17.4 Å². The molecule has 0 bridgehead atoms. The lowest BCUT2D eigenvalue weighted by molar-refractivity contribution is -0.141. The predicted molar refractivity (Wildman–Crippen MR) is 65.0 cm³/mol. The van der Waals surface area contributed by atoms with Crippen molar-refractivity contribution in [2.45, 2.75) is 39.7 Å². The van der Waals surface area contributed by atoms with Gasteiger partial charge in [0.25, 0.3) is 10.1 Å². The molecule has 100 valence electrons. The average molecular weight is 263 g/mol.